The van der Waals surface area contributed by atoms with E-state index in [1.54, 1.807) is 12.1 Å². The summed E-state index contributed by atoms with van der Waals surface area (Å²) in [6, 6.07) is 10.9. The van der Waals surface area contributed by atoms with Crippen LogP contribution in [0.2, 0.25) is 0 Å². The summed E-state index contributed by atoms with van der Waals surface area (Å²) in [4.78, 5) is 45.1. The summed E-state index contributed by atoms with van der Waals surface area (Å²) in [6.07, 6.45) is 1.60. The highest BCUT2D eigenvalue weighted by molar-refractivity contribution is 5.91. The van der Waals surface area contributed by atoms with Crippen LogP contribution in [0, 0.1) is 5.82 Å². The molecule has 3 amide bonds. The molecule has 3 aromatic rings. The molecule has 160 valence electrons. The minimum atomic E-state index is -1.06. The van der Waals surface area contributed by atoms with Crippen molar-refractivity contribution >= 4 is 28.8 Å². The number of benzene rings is 2. The molecule has 2 atom stereocenters. The Morgan fingerprint density at radius 3 is 2.42 bits per heavy atom. The number of fused-ring (bicyclic) bond motifs is 1. The standard InChI is InChI=1S/C22H22FN5O3/c1-13(29)26-20(10-14-5-4-6-15(23)9-14)22(31)28-19(21(24)30)11-16-12-25-17-7-2-3-8-18(17)27-16/h2-9,12,19-20H,10-11H2,1H3,(H2,24,30)(H,26,29)(H,28,31)/t19-,20+/m1/s1. The van der Waals surface area contributed by atoms with Gasteiger partial charge in [-0.3, -0.25) is 19.4 Å². The summed E-state index contributed by atoms with van der Waals surface area (Å²) >= 11 is 0. The first-order valence-electron chi connectivity index (χ1n) is 9.63. The fourth-order valence-corrected chi connectivity index (χ4v) is 3.15. The fraction of sp³-hybridized carbons (Fsp3) is 0.227. The number of carbonyl (C=O) groups excluding carboxylic acids is 3. The van der Waals surface area contributed by atoms with E-state index >= 15 is 0 Å². The molecule has 4 N–H and O–H groups in total. The second-order valence-electron chi connectivity index (χ2n) is 7.10. The molecule has 8 nitrogen and oxygen atoms in total. The number of nitrogens with zero attached hydrogens (tertiary/aromatic N) is 2. The quantitative estimate of drug-likeness (QED) is 0.499. The lowest BCUT2D eigenvalue weighted by atomic mass is 10.0. The van der Waals surface area contributed by atoms with Crippen LogP contribution in [0.5, 0.6) is 0 Å². The molecule has 0 aliphatic carbocycles. The third-order valence-electron chi connectivity index (χ3n) is 4.59. The maximum Gasteiger partial charge on any atom is 0.243 e. The van der Waals surface area contributed by atoms with Gasteiger partial charge in [0, 0.05) is 26.0 Å². The molecule has 0 bridgehead atoms. The molecular weight excluding hydrogens is 401 g/mol. The zero-order valence-corrected chi connectivity index (χ0v) is 16.8. The lowest BCUT2D eigenvalue weighted by Gasteiger charge is -2.21. The molecule has 0 aliphatic heterocycles. The number of carbonyl (C=O) groups is 3. The minimum absolute atomic E-state index is 0.0334. The number of halogens is 1. The van der Waals surface area contributed by atoms with Gasteiger partial charge in [0.05, 0.1) is 16.7 Å². The van der Waals surface area contributed by atoms with E-state index in [0.717, 1.165) is 0 Å². The van der Waals surface area contributed by atoms with Gasteiger partial charge in [0.2, 0.25) is 17.7 Å². The Balaban J connectivity index is 1.75. The summed E-state index contributed by atoms with van der Waals surface area (Å²) in [5, 5.41) is 5.09. The minimum Gasteiger partial charge on any atom is -0.368 e. The van der Waals surface area contributed by atoms with Gasteiger partial charge in [-0.15, -0.1) is 0 Å². The molecule has 9 heteroatoms. The summed E-state index contributed by atoms with van der Waals surface area (Å²) in [5.74, 6) is -2.26. The monoisotopic (exact) mass is 423 g/mol. The van der Waals surface area contributed by atoms with Gasteiger partial charge in [-0.05, 0) is 29.8 Å². The zero-order chi connectivity index (χ0) is 22.4. The average Bonchev–Trinajstić information content (AvgIpc) is 2.72. The number of hydrogen-bond donors (Lipinski definition) is 3. The van der Waals surface area contributed by atoms with Gasteiger partial charge in [-0.1, -0.05) is 24.3 Å². The van der Waals surface area contributed by atoms with E-state index in [2.05, 4.69) is 20.6 Å². The van der Waals surface area contributed by atoms with Crippen molar-refractivity contribution in [2.75, 3.05) is 0 Å². The van der Waals surface area contributed by atoms with Crippen molar-refractivity contribution in [1.29, 1.82) is 0 Å². The first-order chi connectivity index (χ1) is 14.8. The van der Waals surface area contributed by atoms with E-state index in [-0.39, 0.29) is 12.8 Å². The molecule has 0 fully saturated rings. The predicted molar refractivity (Wildman–Crippen MR) is 112 cm³/mol. The highest BCUT2D eigenvalue weighted by Crippen LogP contribution is 2.11. The number of nitrogens with one attached hydrogen (secondary N) is 2. The van der Waals surface area contributed by atoms with Crippen LogP contribution in [0.3, 0.4) is 0 Å². The smallest absolute Gasteiger partial charge is 0.243 e. The largest absolute Gasteiger partial charge is 0.368 e. The lowest BCUT2D eigenvalue weighted by Crippen LogP contribution is -2.54. The third kappa shape index (κ3) is 6.05. The van der Waals surface area contributed by atoms with Gasteiger partial charge in [-0.2, -0.15) is 0 Å². The molecule has 2 aromatic carbocycles. The van der Waals surface area contributed by atoms with Crippen molar-refractivity contribution in [3.8, 4) is 0 Å². The van der Waals surface area contributed by atoms with Gasteiger partial charge < -0.3 is 16.4 Å². The van der Waals surface area contributed by atoms with E-state index in [0.29, 0.717) is 22.3 Å². The number of para-hydroxylation sites is 2. The highest BCUT2D eigenvalue weighted by Gasteiger charge is 2.26. The first-order valence-corrected chi connectivity index (χ1v) is 9.63. The second-order valence-corrected chi connectivity index (χ2v) is 7.10. The van der Waals surface area contributed by atoms with E-state index in [1.165, 1.54) is 31.3 Å². The Morgan fingerprint density at radius 2 is 1.74 bits per heavy atom. The van der Waals surface area contributed by atoms with E-state index in [1.807, 2.05) is 18.2 Å². The molecule has 3 rings (SSSR count). The normalized spacial score (nSPS) is 12.7. The molecule has 0 saturated carbocycles. The average molecular weight is 423 g/mol. The van der Waals surface area contributed by atoms with Gasteiger partial charge >= 0.3 is 0 Å². The van der Waals surface area contributed by atoms with Crippen LogP contribution in [0.15, 0.2) is 54.7 Å². The van der Waals surface area contributed by atoms with Crippen molar-refractivity contribution < 1.29 is 18.8 Å². The van der Waals surface area contributed by atoms with Crippen LogP contribution in [0.25, 0.3) is 11.0 Å². The molecule has 0 spiro atoms. The predicted octanol–water partition coefficient (Wildman–Crippen LogP) is 1.03. The third-order valence-corrected chi connectivity index (χ3v) is 4.59. The molecular formula is C22H22FN5O3. The Bertz CT molecular complexity index is 1120. The second kappa shape index (κ2) is 9.75. The maximum absolute atomic E-state index is 13.5. The van der Waals surface area contributed by atoms with Gasteiger partial charge in [0.1, 0.15) is 17.9 Å². The molecule has 1 heterocycles. The summed E-state index contributed by atoms with van der Waals surface area (Å²) < 4.78 is 13.5. The van der Waals surface area contributed by atoms with E-state index in [9.17, 15) is 18.8 Å². The van der Waals surface area contributed by atoms with Crippen molar-refractivity contribution in [3.63, 3.8) is 0 Å². The Hall–Kier alpha value is -3.88. The van der Waals surface area contributed by atoms with Crippen LogP contribution in [0.1, 0.15) is 18.2 Å². The molecule has 1 aromatic heterocycles. The van der Waals surface area contributed by atoms with Gasteiger partial charge in [-0.25, -0.2) is 9.37 Å². The number of hydrogen-bond acceptors (Lipinski definition) is 5. The van der Waals surface area contributed by atoms with Crippen LogP contribution in [-0.2, 0) is 27.2 Å². The van der Waals surface area contributed by atoms with Gasteiger partial charge in [0.25, 0.3) is 0 Å². The number of rotatable bonds is 8. The van der Waals surface area contributed by atoms with Crippen molar-refractivity contribution in [2.24, 2.45) is 5.73 Å². The number of amides is 3. The molecule has 31 heavy (non-hydrogen) atoms. The number of primary amides is 1. The summed E-state index contributed by atoms with van der Waals surface area (Å²) in [5.41, 5.74) is 7.83. The van der Waals surface area contributed by atoms with Crippen molar-refractivity contribution in [2.45, 2.75) is 31.8 Å². The van der Waals surface area contributed by atoms with Gasteiger partial charge in [0.15, 0.2) is 0 Å². The molecule has 0 radical (unpaired) electrons. The summed E-state index contributed by atoms with van der Waals surface area (Å²) in [7, 11) is 0. The fourth-order valence-electron chi connectivity index (χ4n) is 3.15. The molecule has 0 aliphatic rings. The Kier molecular flexibility index (Phi) is 6.86. The van der Waals surface area contributed by atoms with E-state index < -0.39 is 35.6 Å². The summed E-state index contributed by atoms with van der Waals surface area (Å²) in [6.45, 7) is 1.27. The Morgan fingerprint density at radius 1 is 1.00 bits per heavy atom. The van der Waals surface area contributed by atoms with E-state index in [4.69, 9.17) is 5.73 Å². The van der Waals surface area contributed by atoms with Crippen molar-refractivity contribution in [3.05, 3.63) is 71.8 Å². The first kappa shape index (κ1) is 21.8. The molecule has 0 unspecified atom stereocenters. The van der Waals surface area contributed by atoms with Crippen LogP contribution in [0.4, 0.5) is 4.39 Å². The SMILES string of the molecule is CC(=O)N[C@@H](Cc1cccc(F)c1)C(=O)N[C@H](Cc1cnc2ccccc2n1)C(N)=O. The van der Waals surface area contributed by atoms with Crippen LogP contribution < -0.4 is 16.4 Å². The Labute approximate surface area is 178 Å². The molecule has 0 saturated heterocycles. The van der Waals surface area contributed by atoms with Crippen molar-refractivity contribution in [1.82, 2.24) is 20.6 Å². The lowest BCUT2D eigenvalue weighted by molar-refractivity contribution is -0.130. The highest BCUT2D eigenvalue weighted by atomic mass is 19.1. The maximum atomic E-state index is 13.5. The number of nitrogens with two attached hydrogens (primary N) is 1. The topological polar surface area (TPSA) is 127 Å². The number of aromatic nitrogens is 2. The van der Waals surface area contributed by atoms with Crippen LogP contribution in [-0.4, -0.2) is 39.8 Å². The van der Waals surface area contributed by atoms with Crippen LogP contribution >= 0.6 is 0 Å². The zero-order valence-electron chi connectivity index (χ0n) is 16.8.